The average molecular weight is 757 g/mol. The first kappa shape index (κ1) is 34.2. The van der Waals surface area contributed by atoms with Crippen molar-refractivity contribution in [3.63, 3.8) is 0 Å². The number of hydrogen-bond donors (Lipinski definition) is 1. The van der Waals surface area contributed by atoms with Crippen molar-refractivity contribution in [3.05, 3.63) is 212 Å². The molecule has 0 spiro atoms. The van der Waals surface area contributed by atoms with Crippen molar-refractivity contribution in [1.82, 2.24) is 19.1 Å². The van der Waals surface area contributed by atoms with E-state index in [0.717, 1.165) is 77.7 Å². The molecule has 8 aromatic carbocycles. The summed E-state index contributed by atoms with van der Waals surface area (Å²) in [7, 11) is 0. The number of pyridine rings is 1. The Balaban J connectivity index is 1.18. The van der Waals surface area contributed by atoms with Crippen LogP contribution in [0.4, 0.5) is 0 Å². The standard InChI is InChI=1S/C54H36N4O/c59-51-26-13-11-22-45(51)54-56-52-44(23-14-25-50(52)58(54)42-19-8-3-9-20-42)47-34-40(33-46-43-21-10-12-24-49(43)57(53(46)47)41-17-6-2-7-18-41)48-35-39(31-32-55-48)38-29-27-37(28-30-38)36-15-4-1-5-16-36/h1-35,59H. The van der Waals surface area contributed by atoms with Crippen LogP contribution in [0.25, 0.3) is 100 Å². The molecule has 5 nitrogen and oxygen atoms in total. The van der Waals surface area contributed by atoms with E-state index in [4.69, 9.17) is 9.97 Å². The van der Waals surface area contributed by atoms with Gasteiger partial charge >= 0.3 is 0 Å². The van der Waals surface area contributed by atoms with E-state index in [1.165, 1.54) is 11.1 Å². The second-order valence-corrected chi connectivity index (χ2v) is 14.8. The fourth-order valence-electron chi connectivity index (χ4n) is 8.55. The number of para-hydroxylation sites is 5. The molecule has 3 aromatic heterocycles. The summed E-state index contributed by atoms with van der Waals surface area (Å²) < 4.78 is 4.52. The lowest BCUT2D eigenvalue weighted by atomic mass is 9.95. The molecule has 5 heteroatoms. The Hall–Kier alpha value is -8.02. The largest absolute Gasteiger partial charge is 0.507 e. The van der Waals surface area contributed by atoms with Crippen LogP contribution in [0.5, 0.6) is 5.75 Å². The van der Waals surface area contributed by atoms with Crippen LogP contribution >= 0.6 is 0 Å². The van der Waals surface area contributed by atoms with Gasteiger partial charge in [0, 0.05) is 45.0 Å². The molecule has 0 fully saturated rings. The molecule has 0 aliphatic rings. The lowest BCUT2D eigenvalue weighted by Crippen LogP contribution is -1.97. The van der Waals surface area contributed by atoms with Gasteiger partial charge in [0.05, 0.1) is 33.3 Å². The van der Waals surface area contributed by atoms with Gasteiger partial charge < -0.3 is 9.67 Å². The summed E-state index contributed by atoms with van der Waals surface area (Å²) in [4.78, 5) is 10.4. The number of aromatic hydroxyl groups is 1. The van der Waals surface area contributed by atoms with Crippen molar-refractivity contribution < 1.29 is 5.11 Å². The number of phenols is 1. The fourth-order valence-corrected chi connectivity index (χ4v) is 8.55. The third-order valence-corrected chi connectivity index (χ3v) is 11.3. The highest BCUT2D eigenvalue weighted by Gasteiger charge is 2.24. The van der Waals surface area contributed by atoms with Gasteiger partial charge in [-0.3, -0.25) is 9.55 Å². The van der Waals surface area contributed by atoms with Crippen LogP contribution in [-0.2, 0) is 0 Å². The molecule has 278 valence electrons. The SMILES string of the molecule is Oc1ccccc1-c1nc2c(-c3cc(-c4cc(-c5ccc(-c6ccccc6)cc5)ccn4)cc4c5ccccc5n(-c5ccccc5)c34)cccc2n1-c1ccccc1. The summed E-state index contributed by atoms with van der Waals surface area (Å²) in [6.07, 6.45) is 1.91. The van der Waals surface area contributed by atoms with Gasteiger partial charge in [0.15, 0.2) is 0 Å². The Morgan fingerprint density at radius 1 is 0.390 bits per heavy atom. The molecule has 0 aliphatic carbocycles. The lowest BCUT2D eigenvalue weighted by molar-refractivity contribution is 0.477. The first-order valence-electron chi connectivity index (χ1n) is 19.8. The number of phenolic OH excluding ortho intramolecular Hbond substituents is 1. The van der Waals surface area contributed by atoms with Crippen molar-refractivity contribution in [2.24, 2.45) is 0 Å². The summed E-state index contributed by atoms with van der Waals surface area (Å²) in [5.74, 6) is 0.844. The molecule has 1 N–H and O–H groups in total. The van der Waals surface area contributed by atoms with Crippen LogP contribution in [0, 0.1) is 0 Å². The maximum absolute atomic E-state index is 11.2. The zero-order chi connectivity index (χ0) is 39.3. The Labute approximate surface area is 341 Å². The van der Waals surface area contributed by atoms with Gasteiger partial charge in [-0.1, -0.05) is 133 Å². The van der Waals surface area contributed by atoms with Gasteiger partial charge in [0.25, 0.3) is 0 Å². The van der Waals surface area contributed by atoms with Crippen molar-refractivity contribution in [2.75, 3.05) is 0 Å². The van der Waals surface area contributed by atoms with E-state index in [9.17, 15) is 5.11 Å². The first-order chi connectivity index (χ1) is 29.2. The summed E-state index contributed by atoms with van der Waals surface area (Å²) in [6.45, 7) is 0. The molecule has 0 radical (unpaired) electrons. The maximum Gasteiger partial charge on any atom is 0.149 e. The predicted molar refractivity (Wildman–Crippen MR) is 242 cm³/mol. The number of aromatic nitrogens is 4. The molecule has 11 rings (SSSR count). The summed E-state index contributed by atoms with van der Waals surface area (Å²) in [5, 5.41) is 13.5. The summed E-state index contributed by atoms with van der Waals surface area (Å²) >= 11 is 0. The highest BCUT2D eigenvalue weighted by Crippen LogP contribution is 2.44. The second kappa shape index (κ2) is 14.2. The van der Waals surface area contributed by atoms with Crippen molar-refractivity contribution in [3.8, 4) is 73.2 Å². The molecular formula is C54H36N4O. The molecular weight excluding hydrogens is 721 g/mol. The van der Waals surface area contributed by atoms with Gasteiger partial charge in [0.1, 0.15) is 11.6 Å². The zero-order valence-electron chi connectivity index (χ0n) is 31.9. The van der Waals surface area contributed by atoms with E-state index in [1.807, 2.05) is 48.7 Å². The van der Waals surface area contributed by atoms with E-state index in [2.05, 4.69) is 167 Å². The second-order valence-electron chi connectivity index (χ2n) is 14.8. The number of rotatable bonds is 7. The monoisotopic (exact) mass is 756 g/mol. The van der Waals surface area contributed by atoms with Crippen LogP contribution in [0.1, 0.15) is 0 Å². The number of imidazole rings is 1. The molecule has 0 bridgehead atoms. The van der Waals surface area contributed by atoms with Crippen LogP contribution < -0.4 is 0 Å². The molecule has 0 amide bonds. The van der Waals surface area contributed by atoms with Crippen molar-refractivity contribution in [2.45, 2.75) is 0 Å². The van der Waals surface area contributed by atoms with E-state index >= 15 is 0 Å². The molecule has 11 aromatic rings. The maximum atomic E-state index is 11.2. The van der Waals surface area contributed by atoms with Gasteiger partial charge in [0.2, 0.25) is 0 Å². The molecule has 0 aliphatic heterocycles. The third-order valence-electron chi connectivity index (χ3n) is 11.3. The van der Waals surface area contributed by atoms with Crippen LogP contribution in [0.2, 0.25) is 0 Å². The van der Waals surface area contributed by atoms with Gasteiger partial charge in [-0.15, -0.1) is 0 Å². The highest BCUT2D eigenvalue weighted by molar-refractivity contribution is 6.17. The number of nitrogens with zero attached hydrogens (tertiary/aromatic N) is 4. The zero-order valence-corrected chi connectivity index (χ0v) is 31.9. The van der Waals surface area contributed by atoms with Gasteiger partial charge in [-0.2, -0.15) is 0 Å². The summed E-state index contributed by atoms with van der Waals surface area (Å²) in [5.41, 5.74) is 15.2. The van der Waals surface area contributed by atoms with E-state index in [1.54, 1.807) is 6.07 Å². The van der Waals surface area contributed by atoms with Gasteiger partial charge in [-0.25, -0.2) is 4.98 Å². The quantitative estimate of drug-likeness (QED) is 0.176. The molecule has 0 unspecified atom stereocenters. The highest BCUT2D eigenvalue weighted by atomic mass is 16.3. The van der Waals surface area contributed by atoms with E-state index in [-0.39, 0.29) is 5.75 Å². The van der Waals surface area contributed by atoms with Crippen molar-refractivity contribution in [1.29, 1.82) is 0 Å². The Kier molecular flexibility index (Phi) is 8.23. The molecule has 59 heavy (non-hydrogen) atoms. The molecule has 0 saturated carbocycles. The molecule has 0 atom stereocenters. The minimum atomic E-state index is 0.177. The fraction of sp³-hybridized carbons (Fsp3) is 0. The number of fused-ring (bicyclic) bond motifs is 4. The van der Waals surface area contributed by atoms with E-state index in [0.29, 0.717) is 11.4 Å². The third kappa shape index (κ3) is 5.87. The molecule has 0 saturated heterocycles. The molecule has 3 heterocycles. The van der Waals surface area contributed by atoms with Gasteiger partial charge in [-0.05, 0) is 95.1 Å². The smallest absolute Gasteiger partial charge is 0.149 e. The minimum Gasteiger partial charge on any atom is -0.507 e. The first-order valence-corrected chi connectivity index (χ1v) is 19.8. The normalized spacial score (nSPS) is 11.5. The number of hydrogen-bond acceptors (Lipinski definition) is 3. The predicted octanol–water partition coefficient (Wildman–Crippen LogP) is 13.6. The Bertz CT molecular complexity index is 3310. The minimum absolute atomic E-state index is 0.177. The van der Waals surface area contributed by atoms with Crippen molar-refractivity contribution >= 4 is 32.8 Å². The number of benzene rings is 8. The summed E-state index contributed by atoms with van der Waals surface area (Å²) in [6, 6.07) is 71.3. The Morgan fingerprint density at radius 3 is 1.73 bits per heavy atom. The van der Waals surface area contributed by atoms with Crippen LogP contribution in [-0.4, -0.2) is 24.2 Å². The Morgan fingerprint density at radius 2 is 0.983 bits per heavy atom. The van der Waals surface area contributed by atoms with E-state index < -0.39 is 0 Å². The van der Waals surface area contributed by atoms with Crippen LogP contribution in [0.15, 0.2) is 212 Å². The lowest BCUT2D eigenvalue weighted by Gasteiger charge is -2.14. The van der Waals surface area contributed by atoms with Crippen LogP contribution in [0.3, 0.4) is 0 Å². The average Bonchev–Trinajstić information content (AvgIpc) is 3.86. The topological polar surface area (TPSA) is 55.9 Å².